The highest BCUT2D eigenvalue weighted by Gasteiger charge is 2.38. The van der Waals surface area contributed by atoms with Crippen molar-refractivity contribution in [2.75, 3.05) is 38.0 Å². The first kappa shape index (κ1) is 33.0. The Morgan fingerprint density at radius 3 is 2.42 bits per heavy atom. The number of hydrogen-bond donors (Lipinski definition) is 2. The van der Waals surface area contributed by atoms with Gasteiger partial charge in [-0.2, -0.15) is 23.5 Å². The fourth-order valence-corrected chi connectivity index (χ4v) is 4.54. The molecular weight excluding hydrogens is 619 g/mol. The van der Waals surface area contributed by atoms with Crippen molar-refractivity contribution in [3.05, 3.63) is 60.1 Å². The van der Waals surface area contributed by atoms with Gasteiger partial charge in [0, 0.05) is 50.5 Å². The third-order valence-electron chi connectivity index (χ3n) is 6.52. The van der Waals surface area contributed by atoms with Crippen LogP contribution in [-0.4, -0.2) is 78.5 Å². The van der Waals surface area contributed by atoms with Crippen LogP contribution in [0.5, 0.6) is 0 Å². The highest BCUT2D eigenvalue weighted by Crippen LogP contribution is 2.37. The Balaban J connectivity index is 0.00000253. The molecule has 0 saturated carbocycles. The topological polar surface area (TPSA) is 150 Å². The third-order valence-corrected chi connectivity index (χ3v) is 6.52. The number of carbonyl (C=O) groups excluding carboxylic acids is 2. The summed E-state index contributed by atoms with van der Waals surface area (Å²) >= 11 is 0. The number of fused-ring (bicyclic) bond motifs is 1. The predicted molar refractivity (Wildman–Crippen MR) is 151 cm³/mol. The number of amides is 2. The zero-order valence-corrected chi connectivity index (χ0v) is 23.7. The lowest BCUT2D eigenvalue weighted by atomic mass is 10.1. The Kier molecular flexibility index (Phi) is 10.2. The van der Waals surface area contributed by atoms with E-state index < -0.39 is 23.6 Å². The number of nitrogens with zero attached hydrogens (tertiary/aromatic N) is 8. The van der Waals surface area contributed by atoms with Crippen LogP contribution < -0.4 is 11.1 Å². The summed E-state index contributed by atoms with van der Waals surface area (Å²) in [4.78, 5) is 36.0. The van der Waals surface area contributed by atoms with E-state index in [0.29, 0.717) is 13.1 Å². The number of benzene rings is 1. The van der Waals surface area contributed by atoms with E-state index in [2.05, 4.69) is 20.4 Å². The van der Waals surface area contributed by atoms with Crippen LogP contribution in [0.15, 0.2) is 43.0 Å². The average Bonchev–Trinajstić information content (AvgIpc) is 3.58. The van der Waals surface area contributed by atoms with Crippen molar-refractivity contribution in [3.63, 3.8) is 0 Å². The van der Waals surface area contributed by atoms with Crippen molar-refractivity contribution in [1.29, 1.82) is 5.26 Å². The molecule has 12 nitrogen and oxygen atoms in total. The molecule has 1 fully saturated rings. The molecule has 1 aliphatic rings. The Hall–Kier alpha value is -4.46. The minimum atomic E-state index is -4.78. The summed E-state index contributed by atoms with van der Waals surface area (Å²) in [6, 6.07) is 5.63. The number of alkyl halides is 3. The fraction of sp³-hybridized carbons (Fsp3) is 0.280. The number of piperazine rings is 1. The molecule has 228 valence electrons. The Bertz CT molecular complexity index is 1680. The van der Waals surface area contributed by atoms with Gasteiger partial charge in [-0.05, 0) is 18.2 Å². The molecule has 4 heterocycles. The lowest BCUT2D eigenvalue weighted by molar-refractivity contribution is -0.141. The first-order chi connectivity index (χ1) is 19.6. The number of nitrogens with two attached hydrogens (primary N) is 1. The molecule has 5 rings (SSSR count). The lowest BCUT2D eigenvalue weighted by Crippen LogP contribution is -2.52. The van der Waals surface area contributed by atoms with Crippen molar-refractivity contribution >= 4 is 53.8 Å². The molecule has 0 aliphatic carbocycles. The van der Waals surface area contributed by atoms with Crippen molar-refractivity contribution in [2.24, 2.45) is 5.73 Å². The summed E-state index contributed by atoms with van der Waals surface area (Å²) in [6.07, 6.45) is 0.295. The maximum atomic E-state index is 15.0. The number of aromatic nitrogens is 5. The SMILES string of the molecule is Cl.Cl.N#CCn1cc(-c2cnc3c(Nc4ccc(C(=O)N5CCN(C(=O)CN)CC5)c(F)c4)nccn23)c(C(F)(F)F)n1. The van der Waals surface area contributed by atoms with Gasteiger partial charge in [-0.1, -0.05) is 0 Å². The maximum Gasteiger partial charge on any atom is 0.435 e. The van der Waals surface area contributed by atoms with Gasteiger partial charge in [-0.3, -0.25) is 18.7 Å². The van der Waals surface area contributed by atoms with Crippen LogP contribution in [0.1, 0.15) is 16.1 Å². The Morgan fingerprint density at radius 1 is 1.09 bits per heavy atom. The number of carbonyl (C=O) groups is 2. The van der Waals surface area contributed by atoms with Gasteiger partial charge in [0.2, 0.25) is 5.91 Å². The molecule has 0 radical (unpaired) electrons. The molecule has 1 aliphatic heterocycles. The van der Waals surface area contributed by atoms with Crippen LogP contribution in [-0.2, 0) is 17.5 Å². The number of imidazole rings is 1. The van der Waals surface area contributed by atoms with Crippen molar-refractivity contribution in [1.82, 2.24) is 33.9 Å². The van der Waals surface area contributed by atoms with E-state index in [1.165, 1.54) is 40.0 Å². The monoisotopic (exact) mass is 642 g/mol. The number of nitrogens with one attached hydrogen (secondary N) is 1. The smallest absolute Gasteiger partial charge is 0.338 e. The van der Waals surface area contributed by atoms with Gasteiger partial charge < -0.3 is 20.9 Å². The van der Waals surface area contributed by atoms with Gasteiger partial charge >= 0.3 is 6.18 Å². The molecule has 0 spiro atoms. The first-order valence-electron chi connectivity index (χ1n) is 12.3. The molecule has 3 N–H and O–H groups in total. The summed E-state index contributed by atoms with van der Waals surface area (Å²) in [5.41, 5.74) is 4.20. The molecule has 43 heavy (non-hydrogen) atoms. The van der Waals surface area contributed by atoms with Gasteiger partial charge in [-0.15, -0.1) is 24.8 Å². The third kappa shape index (κ3) is 6.63. The minimum Gasteiger partial charge on any atom is -0.338 e. The predicted octanol–water partition coefficient (Wildman–Crippen LogP) is 3.10. The minimum absolute atomic E-state index is 0. The molecule has 1 aromatic carbocycles. The van der Waals surface area contributed by atoms with Gasteiger partial charge in [0.1, 0.15) is 12.4 Å². The van der Waals surface area contributed by atoms with E-state index in [0.717, 1.165) is 16.9 Å². The maximum absolute atomic E-state index is 15.0. The van der Waals surface area contributed by atoms with E-state index in [4.69, 9.17) is 11.0 Å². The molecular formula is C25H24Cl2F4N10O2. The van der Waals surface area contributed by atoms with Gasteiger partial charge in [0.15, 0.2) is 17.2 Å². The summed E-state index contributed by atoms with van der Waals surface area (Å²) < 4.78 is 58.3. The molecule has 18 heteroatoms. The Labute approximate surface area is 253 Å². The van der Waals surface area contributed by atoms with Crippen molar-refractivity contribution < 1.29 is 27.2 Å². The highest BCUT2D eigenvalue weighted by atomic mass is 35.5. The number of rotatable bonds is 6. The van der Waals surface area contributed by atoms with Crippen LogP contribution in [0.2, 0.25) is 0 Å². The summed E-state index contributed by atoms with van der Waals surface area (Å²) in [5, 5.41) is 15.3. The second-order valence-corrected chi connectivity index (χ2v) is 9.05. The second kappa shape index (κ2) is 13.2. The fourth-order valence-electron chi connectivity index (χ4n) is 4.54. The molecule has 2 amide bonds. The van der Waals surface area contributed by atoms with Crippen LogP contribution >= 0.6 is 24.8 Å². The molecule has 1 saturated heterocycles. The number of hydrogen-bond acceptors (Lipinski definition) is 8. The van der Waals surface area contributed by atoms with Crippen molar-refractivity contribution in [2.45, 2.75) is 12.7 Å². The van der Waals surface area contributed by atoms with E-state index in [9.17, 15) is 22.8 Å². The van der Waals surface area contributed by atoms with Crippen LogP contribution in [0.25, 0.3) is 16.9 Å². The summed E-state index contributed by atoms with van der Waals surface area (Å²) in [7, 11) is 0. The van der Waals surface area contributed by atoms with Gasteiger partial charge in [0.05, 0.1) is 35.6 Å². The quantitative estimate of drug-likeness (QED) is 0.305. The molecule has 0 bridgehead atoms. The number of nitriles is 1. The van der Waals surface area contributed by atoms with E-state index in [1.807, 2.05) is 0 Å². The van der Waals surface area contributed by atoms with Crippen molar-refractivity contribution in [3.8, 4) is 17.3 Å². The zero-order chi connectivity index (χ0) is 29.3. The largest absolute Gasteiger partial charge is 0.435 e. The normalized spacial score (nSPS) is 13.2. The molecule has 4 aromatic rings. The molecule has 0 atom stereocenters. The lowest BCUT2D eigenvalue weighted by Gasteiger charge is -2.34. The van der Waals surface area contributed by atoms with E-state index >= 15 is 4.39 Å². The highest BCUT2D eigenvalue weighted by molar-refractivity contribution is 5.95. The van der Waals surface area contributed by atoms with Crippen LogP contribution in [0.4, 0.5) is 29.1 Å². The van der Waals surface area contributed by atoms with E-state index in [-0.39, 0.29) is 90.9 Å². The first-order valence-corrected chi connectivity index (χ1v) is 12.3. The molecule has 3 aromatic heterocycles. The summed E-state index contributed by atoms with van der Waals surface area (Å²) in [5.74, 6) is -1.42. The number of halogens is 6. The van der Waals surface area contributed by atoms with E-state index in [1.54, 1.807) is 11.0 Å². The standard InChI is InChI=1S/C25H22F4N10O2.2ClH/c26-18-11-15(1-2-16(18)24(41)37-9-7-36(8-10-37)20(40)12-31)34-22-23-33-13-19(39(23)6-4-32-22)17-14-38(5-3-30)35-21(17)25(27,28)29;;/h1-2,4,6,11,13-14H,5,7-10,12,31H2,(H,32,34);2*1H. The Morgan fingerprint density at radius 2 is 1.79 bits per heavy atom. The van der Waals surface area contributed by atoms with Crippen LogP contribution in [0, 0.1) is 17.1 Å². The molecule has 0 unspecified atom stereocenters. The van der Waals surface area contributed by atoms with Gasteiger partial charge in [-0.25, -0.2) is 14.4 Å². The average molecular weight is 643 g/mol. The number of anilines is 2. The second-order valence-electron chi connectivity index (χ2n) is 9.05. The zero-order valence-electron chi connectivity index (χ0n) is 22.1. The van der Waals surface area contributed by atoms with Gasteiger partial charge in [0.25, 0.3) is 5.91 Å². The van der Waals surface area contributed by atoms with Crippen LogP contribution in [0.3, 0.4) is 0 Å². The summed E-state index contributed by atoms with van der Waals surface area (Å²) in [6.45, 7) is 0.583.